The molecule has 0 aromatic carbocycles. The van der Waals surface area contributed by atoms with Crippen LogP contribution in [0.15, 0.2) is 11.4 Å². The van der Waals surface area contributed by atoms with Gasteiger partial charge in [0.05, 0.1) is 4.88 Å². The lowest BCUT2D eigenvalue weighted by Crippen LogP contribution is -2.05. The zero-order valence-electron chi connectivity index (χ0n) is 7.46. The Hall–Kier alpha value is -1.11. The molecule has 0 saturated carbocycles. The Kier molecular flexibility index (Phi) is 4.24. The van der Waals surface area contributed by atoms with E-state index < -0.39 is 0 Å². The summed E-state index contributed by atoms with van der Waals surface area (Å²) < 4.78 is 0. The fourth-order valence-electron chi connectivity index (χ4n) is 0.832. The van der Waals surface area contributed by atoms with Crippen LogP contribution in [0.4, 0.5) is 0 Å². The minimum Gasteiger partial charge on any atom is -0.319 e. The molecule has 3 heteroatoms. The van der Waals surface area contributed by atoms with Gasteiger partial charge < -0.3 is 5.32 Å². The van der Waals surface area contributed by atoms with Gasteiger partial charge in [0.1, 0.15) is 0 Å². The second-order valence-corrected chi connectivity index (χ2v) is 3.45. The van der Waals surface area contributed by atoms with E-state index in [9.17, 15) is 4.79 Å². The Bertz CT molecular complexity index is 332. The highest BCUT2D eigenvalue weighted by Crippen LogP contribution is 2.10. The third kappa shape index (κ3) is 3.41. The minimum atomic E-state index is 0.734. The molecular weight excluding hydrogens is 182 g/mol. The molecular formula is C10H11NOS. The first kappa shape index (κ1) is 9.97. The molecule has 0 amide bonds. The van der Waals surface area contributed by atoms with Crippen LogP contribution in [0.25, 0.3) is 0 Å². The van der Waals surface area contributed by atoms with E-state index in [1.165, 1.54) is 11.3 Å². The molecule has 0 aliphatic rings. The number of carbonyl (C=O) groups is 1. The molecule has 13 heavy (non-hydrogen) atoms. The largest absolute Gasteiger partial charge is 0.319 e. The van der Waals surface area contributed by atoms with Crippen molar-refractivity contribution in [1.82, 2.24) is 5.32 Å². The smallest absolute Gasteiger partial charge is 0.160 e. The van der Waals surface area contributed by atoms with Crippen molar-refractivity contribution in [3.8, 4) is 11.8 Å². The predicted octanol–water partition coefficient (Wildman–Crippen LogP) is 1.52. The van der Waals surface area contributed by atoms with Crippen molar-refractivity contribution in [2.45, 2.75) is 6.42 Å². The third-order valence-corrected chi connectivity index (χ3v) is 2.33. The number of hydrogen-bond acceptors (Lipinski definition) is 3. The molecule has 1 rings (SSSR count). The molecule has 1 N–H and O–H groups in total. The Morgan fingerprint density at radius 2 is 2.54 bits per heavy atom. The summed E-state index contributed by atoms with van der Waals surface area (Å²) in [6.45, 7) is 0.900. The Morgan fingerprint density at radius 3 is 3.15 bits per heavy atom. The summed E-state index contributed by atoms with van der Waals surface area (Å²) in [7, 11) is 1.90. The van der Waals surface area contributed by atoms with Crippen LogP contribution in [-0.4, -0.2) is 19.9 Å². The number of nitrogens with one attached hydrogen (secondary N) is 1. The van der Waals surface area contributed by atoms with Crippen LogP contribution in [0.3, 0.4) is 0 Å². The topological polar surface area (TPSA) is 29.1 Å². The zero-order valence-corrected chi connectivity index (χ0v) is 8.28. The second kappa shape index (κ2) is 5.52. The van der Waals surface area contributed by atoms with Crippen LogP contribution >= 0.6 is 11.3 Å². The fourth-order valence-corrected chi connectivity index (χ4v) is 1.47. The van der Waals surface area contributed by atoms with Crippen LogP contribution < -0.4 is 5.32 Å². The molecule has 0 atom stereocenters. The predicted molar refractivity (Wildman–Crippen MR) is 55.1 cm³/mol. The van der Waals surface area contributed by atoms with Gasteiger partial charge in [-0.2, -0.15) is 0 Å². The maximum atomic E-state index is 10.3. The lowest BCUT2D eigenvalue weighted by atomic mass is 10.3. The summed E-state index contributed by atoms with van der Waals surface area (Å²) in [6, 6.07) is 1.81. The van der Waals surface area contributed by atoms with Crippen molar-refractivity contribution in [3.63, 3.8) is 0 Å². The number of aldehydes is 1. The summed E-state index contributed by atoms with van der Waals surface area (Å²) in [5, 5.41) is 4.91. The van der Waals surface area contributed by atoms with Crippen LogP contribution in [0.2, 0.25) is 0 Å². The second-order valence-electron chi connectivity index (χ2n) is 2.51. The average Bonchev–Trinajstić information content (AvgIpc) is 2.60. The van der Waals surface area contributed by atoms with Crippen LogP contribution in [0, 0.1) is 11.8 Å². The molecule has 1 heterocycles. The molecule has 0 radical (unpaired) electrons. The van der Waals surface area contributed by atoms with Gasteiger partial charge in [-0.05, 0) is 13.1 Å². The van der Waals surface area contributed by atoms with Crippen molar-refractivity contribution in [2.75, 3.05) is 13.6 Å². The molecule has 0 fully saturated rings. The van der Waals surface area contributed by atoms with Crippen LogP contribution in [0.1, 0.15) is 21.7 Å². The van der Waals surface area contributed by atoms with Gasteiger partial charge in [-0.1, -0.05) is 11.8 Å². The highest BCUT2D eigenvalue weighted by atomic mass is 32.1. The number of thiophene rings is 1. The minimum absolute atomic E-state index is 0.734. The van der Waals surface area contributed by atoms with Crippen molar-refractivity contribution in [3.05, 3.63) is 21.9 Å². The van der Waals surface area contributed by atoms with Gasteiger partial charge in [-0.15, -0.1) is 11.3 Å². The van der Waals surface area contributed by atoms with Crippen LogP contribution in [0.5, 0.6) is 0 Å². The lowest BCUT2D eigenvalue weighted by Gasteiger charge is -1.86. The van der Waals surface area contributed by atoms with Gasteiger partial charge in [0.15, 0.2) is 6.29 Å². The van der Waals surface area contributed by atoms with E-state index in [2.05, 4.69) is 17.2 Å². The first-order valence-corrected chi connectivity index (χ1v) is 4.92. The zero-order chi connectivity index (χ0) is 9.52. The molecule has 0 unspecified atom stereocenters. The Labute approximate surface area is 82.0 Å². The van der Waals surface area contributed by atoms with E-state index in [1.807, 2.05) is 18.5 Å². The molecule has 2 nitrogen and oxygen atoms in total. The molecule has 0 bridgehead atoms. The normalized spacial score (nSPS) is 9.00. The van der Waals surface area contributed by atoms with Crippen molar-refractivity contribution >= 4 is 17.6 Å². The Balaban J connectivity index is 2.51. The maximum Gasteiger partial charge on any atom is 0.160 e. The van der Waals surface area contributed by atoms with Gasteiger partial charge in [-0.3, -0.25) is 4.79 Å². The monoisotopic (exact) mass is 193 g/mol. The molecule has 0 saturated heterocycles. The molecule has 0 spiro atoms. The fraction of sp³-hybridized carbons (Fsp3) is 0.300. The maximum absolute atomic E-state index is 10.3. The van der Waals surface area contributed by atoms with Crippen molar-refractivity contribution in [1.29, 1.82) is 0 Å². The first-order chi connectivity index (χ1) is 6.36. The summed E-state index contributed by atoms with van der Waals surface area (Å²) >= 11 is 1.43. The molecule has 0 aliphatic carbocycles. The van der Waals surface area contributed by atoms with Crippen molar-refractivity contribution in [2.24, 2.45) is 0 Å². The summed E-state index contributed by atoms with van der Waals surface area (Å²) in [5.74, 6) is 6.01. The molecule has 1 aromatic heterocycles. The van der Waals surface area contributed by atoms with E-state index in [0.717, 1.165) is 29.7 Å². The molecule has 68 valence electrons. The highest BCUT2D eigenvalue weighted by molar-refractivity contribution is 7.11. The number of carbonyl (C=O) groups excluding carboxylic acids is 1. The highest BCUT2D eigenvalue weighted by Gasteiger charge is 1.93. The summed E-state index contributed by atoms with van der Waals surface area (Å²) in [5.41, 5.74) is 0.934. The summed E-state index contributed by atoms with van der Waals surface area (Å²) in [4.78, 5) is 11.1. The van der Waals surface area contributed by atoms with Gasteiger partial charge in [0.2, 0.25) is 0 Å². The first-order valence-electron chi connectivity index (χ1n) is 4.04. The van der Waals surface area contributed by atoms with Crippen molar-refractivity contribution < 1.29 is 4.79 Å². The van der Waals surface area contributed by atoms with Gasteiger partial charge in [0.25, 0.3) is 0 Å². The quantitative estimate of drug-likeness (QED) is 0.448. The van der Waals surface area contributed by atoms with E-state index in [4.69, 9.17) is 0 Å². The third-order valence-electron chi connectivity index (χ3n) is 1.47. The van der Waals surface area contributed by atoms with E-state index in [0.29, 0.717) is 0 Å². The van der Waals surface area contributed by atoms with Gasteiger partial charge >= 0.3 is 0 Å². The average molecular weight is 193 g/mol. The van der Waals surface area contributed by atoms with E-state index >= 15 is 0 Å². The summed E-state index contributed by atoms with van der Waals surface area (Å²) in [6.07, 6.45) is 1.69. The van der Waals surface area contributed by atoms with E-state index in [1.54, 1.807) is 0 Å². The SMILES string of the molecule is CNCCC#Cc1csc(C=O)c1. The Morgan fingerprint density at radius 1 is 1.69 bits per heavy atom. The number of hydrogen-bond donors (Lipinski definition) is 1. The standard InChI is InChI=1S/C10H11NOS/c1-11-5-3-2-4-9-6-10(7-12)13-8-9/h6-8,11H,3,5H2,1H3. The number of rotatable bonds is 3. The van der Waals surface area contributed by atoms with Crippen LogP contribution in [-0.2, 0) is 0 Å². The molecule has 1 aromatic rings. The lowest BCUT2D eigenvalue weighted by molar-refractivity contribution is 0.112. The molecule has 0 aliphatic heterocycles. The van der Waals surface area contributed by atoms with Gasteiger partial charge in [-0.25, -0.2) is 0 Å². The van der Waals surface area contributed by atoms with E-state index in [-0.39, 0.29) is 0 Å². The van der Waals surface area contributed by atoms with Gasteiger partial charge in [0, 0.05) is 23.9 Å².